The summed E-state index contributed by atoms with van der Waals surface area (Å²) in [5, 5.41) is 21.7. The van der Waals surface area contributed by atoms with E-state index in [0.717, 1.165) is 0 Å². The molecule has 0 bridgehead atoms. The Balaban J connectivity index is 2.23. The maximum atomic E-state index is 11.1. The van der Waals surface area contributed by atoms with Gasteiger partial charge in [-0.2, -0.15) is 10.2 Å². The molecule has 1 aromatic heterocycles. The Hall–Kier alpha value is -2.70. The quantitative estimate of drug-likeness (QED) is 0.653. The summed E-state index contributed by atoms with van der Waals surface area (Å²) in [7, 11) is 1.40. The molecule has 0 fully saturated rings. The number of para-hydroxylation sites is 1. The van der Waals surface area contributed by atoms with Crippen LogP contribution in [0.15, 0.2) is 36.5 Å². The van der Waals surface area contributed by atoms with Crippen molar-refractivity contribution >= 4 is 11.4 Å². The topological polar surface area (TPSA) is 90.2 Å². The minimum absolute atomic E-state index is 0.0890. The summed E-state index contributed by atoms with van der Waals surface area (Å²) < 4.78 is 4.99. The van der Waals surface area contributed by atoms with E-state index in [1.54, 1.807) is 36.5 Å². The lowest BCUT2D eigenvalue weighted by atomic mass is 10.2. The molecule has 0 amide bonds. The fraction of sp³-hybridized carbons (Fsp3) is 0.167. The van der Waals surface area contributed by atoms with Crippen LogP contribution in [0.25, 0.3) is 0 Å². The summed E-state index contributed by atoms with van der Waals surface area (Å²) in [6, 6.07) is 8.39. The number of nitrogens with one attached hydrogen (secondary N) is 1. The van der Waals surface area contributed by atoms with E-state index in [-0.39, 0.29) is 11.4 Å². The van der Waals surface area contributed by atoms with Crippen LogP contribution in [-0.4, -0.2) is 22.2 Å². The van der Waals surface area contributed by atoms with Crippen LogP contribution in [0, 0.1) is 10.1 Å². The zero-order valence-corrected chi connectivity index (χ0v) is 10.2. The maximum absolute atomic E-state index is 11.1. The molecule has 0 unspecified atom stereocenters. The number of hydrogen-bond acceptors (Lipinski definition) is 6. The summed E-state index contributed by atoms with van der Waals surface area (Å²) in [4.78, 5) is 10.6. The summed E-state index contributed by atoms with van der Waals surface area (Å²) in [5.74, 6) is 0.217. The van der Waals surface area contributed by atoms with Crippen molar-refractivity contribution in [2.24, 2.45) is 0 Å². The fourth-order valence-electron chi connectivity index (χ4n) is 1.63. The smallest absolute Gasteiger partial charge is 0.333 e. The summed E-state index contributed by atoms with van der Waals surface area (Å²) in [6.07, 6.45) is 1.57. The molecule has 0 atom stereocenters. The van der Waals surface area contributed by atoms with Gasteiger partial charge in [0.1, 0.15) is 5.69 Å². The Labute approximate surface area is 109 Å². The SMILES string of the molecule is COc1cccc(NCc2cccnn2)c1[N+](=O)[O-]. The number of aromatic nitrogens is 2. The number of nitro groups is 1. The Bertz CT molecular complexity index is 574. The zero-order chi connectivity index (χ0) is 13.7. The van der Waals surface area contributed by atoms with Gasteiger partial charge in [0, 0.05) is 6.20 Å². The highest BCUT2D eigenvalue weighted by Crippen LogP contribution is 2.34. The molecule has 0 saturated carbocycles. The van der Waals surface area contributed by atoms with Crippen molar-refractivity contribution in [2.75, 3.05) is 12.4 Å². The van der Waals surface area contributed by atoms with Gasteiger partial charge < -0.3 is 10.1 Å². The Morgan fingerprint density at radius 2 is 2.21 bits per heavy atom. The van der Waals surface area contributed by atoms with Crippen molar-refractivity contribution in [3.8, 4) is 5.75 Å². The largest absolute Gasteiger partial charge is 0.490 e. The lowest BCUT2D eigenvalue weighted by Gasteiger charge is -2.08. The van der Waals surface area contributed by atoms with Gasteiger partial charge in [-0.05, 0) is 24.3 Å². The molecule has 1 heterocycles. The van der Waals surface area contributed by atoms with E-state index in [1.165, 1.54) is 7.11 Å². The van der Waals surface area contributed by atoms with Gasteiger partial charge in [0.25, 0.3) is 0 Å². The molecule has 1 aromatic carbocycles. The molecule has 7 nitrogen and oxygen atoms in total. The third kappa shape index (κ3) is 2.95. The van der Waals surface area contributed by atoms with Gasteiger partial charge in [-0.15, -0.1) is 0 Å². The van der Waals surface area contributed by atoms with Crippen LogP contribution in [0.2, 0.25) is 0 Å². The first-order chi connectivity index (χ1) is 9.22. The summed E-state index contributed by atoms with van der Waals surface area (Å²) in [6.45, 7) is 0.349. The number of ether oxygens (including phenoxy) is 1. The number of rotatable bonds is 5. The van der Waals surface area contributed by atoms with Gasteiger partial charge in [-0.1, -0.05) is 6.07 Å². The lowest BCUT2D eigenvalue weighted by molar-refractivity contribution is -0.384. The van der Waals surface area contributed by atoms with Gasteiger partial charge in [0.05, 0.1) is 24.3 Å². The number of anilines is 1. The first-order valence-electron chi connectivity index (χ1n) is 5.54. The highest BCUT2D eigenvalue weighted by atomic mass is 16.6. The van der Waals surface area contributed by atoms with E-state index < -0.39 is 4.92 Å². The third-order valence-electron chi connectivity index (χ3n) is 2.49. The molecular weight excluding hydrogens is 248 g/mol. The second-order valence-electron chi connectivity index (χ2n) is 3.68. The molecule has 0 spiro atoms. The van der Waals surface area contributed by atoms with Gasteiger partial charge in [-0.25, -0.2) is 0 Å². The molecule has 2 rings (SSSR count). The molecule has 0 aliphatic carbocycles. The number of nitrogens with zero attached hydrogens (tertiary/aromatic N) is 3. The maximum Gasteiger partial charge on any atom is 0.333 e. The summed E-state index contributed by atoms with van der Waals surface area (Å²) >= 11 is 0. The van der Waals surface area contributed by atoms with Crippen LogP contribution in [0.5, 0.6) is 5.75 Å². The van der Waals surface area contributed by atoms with Crippen molar-refractivity contribution in [3.63, 3.8) is 0 Å². The average Bonchev–Trinajstić information content (AvgIpc) is 2.45. The van der Waals surface area contributed by atoms with Crippen LogP contribution in [0.4, 0.5) is 11.4 Å². The van der Waals surface area contributed by atoms with Crippen molar-refractivity contribution in [3.05, 3.63) is 52.3 Å². The average molecular weight is 260 g/mol. The van der Waals surface area contributed by atoms with Crippen molar-refractivity contribution < 1.29 is 9.66 Å². The van der Waals surface area contributed by atoms with Crippen LogP contribution < -0.4 is 10.1 Å². The Kier molecular flexibility index (Phi) is 3.87. The first kappa shape index (κ1) is 12.7. The number of methoxy groups -OCH3 is 1. The first-order valence-corrected chi connectivity index (χ1v) is 5.54. The molecule has 0 aliphatic heterocycles. The van der Waals surface area contributed by atoms with Crippen LogP contribution in [-0.2, 0) is 6.54 Å². The molecule has 0 radical (unpaired) electrons. The second kappa shape index (κ2) is 5.76. The van der Waals surface area contributed by atoms with E-state index in [0.29, 0.717) is 17.9 Å². The van der Waals surface area contributed by atoms with Gasteiger partial charge >= 0.3 is 5.69 Å². The van der Waals surface area contributed by atoms with Crippen LogP contribution in [0.1, 0.15) is 5.69 Å². The van der Waals surface area contributed by atoms with Crippen molar-refractivity contribution in [1.82, 2.24) is 10.2 Å². The van der Waals surface area contributed by atoms with Gasteiger partial charge in [-0.3, -0.25) is 10.1 Å². The molecule has 0 aliphatic rings. The minimum Gasteiger partial charge on any atom is -0.490 e. The fourth-order valence-corrected chi connectivity index (χ4v) is 1.63. The highest BCUT2D eigenvalue weighted by Gasteiger charge is 2.20. The minimum atomic E-state index is -0.474. The molecule has 0 saturated heterocycles. The van der Waals surface area contributed by atoms with Crippen LogP contribution in [0.3, 0.4) is 0 Å². The third-order valence-corrected chi connectivity index (χ3v) is 2.49. The molecule has 7 heteroatoms. The summed E-state index contributed by atoms with van der Waals surface area (Å²) in [5.41, 5.74) is 0.989. The van der Waals surface area contributed by atoms with E-state index >= 15 is 0 Å². The monoisotopic (exact) mass is 260 g/mol. The Morgan fingerprint density at radius 3 is 2.84 bits per heavy atom. The molecule has 98 valence electrons. The van der Waals surface area contributed by atoms with E-state index in [2.05, 4.69) is 15.5 Å². The van der Waals surface area contributed by atoms with Crippen molar-refractivity contribution in [1.29, 1.82) is 0 Å². The number of nitro benzene ring substituents is 1. The van der Waals surface area contributed by atoms with Crippen LogP contribution >= 0.6 is 0 Å². The second-order valence-corrected chi connectivity index (χ2v) is 3.68. The molecule has 19 heavy (non-hydrogen) atoms. The molecular formula is C12H12N4O3. The lowest BCUT2D eigenvalue weighted by Crippen LogP contribution is -2.05. The van der Waals surface area contributed by atoms with Crippen molar-refractivity contribution in [2.45, 2.75) is 6.54 Å². The Morgan fingerprint density at radius 1 is 1.37 bits per heavy atom. The predicted octanol–water partition coefficient (Wildman–Crippen LogP) is 2.01. The van der Waals surface area contributed by atoms with Gasteiger partial charge in [0.2, 0.25) is 0 Å². The zero-order valence-electron chi connectivity index (χ0n) is 10.2. The predicted molar refractivity (Wildman–Crippen MR) is 69.0 cm³/mol. The van der Waals surface area contributed by atoms with E-state index in [1.807, 2.05) is 0 Å². The number of benzene rings is 1. The van der Waals surface area contributed by atoms with E-state index in [4.69, 9.17) is 4.74 Å². The highest BCUT2D eigenvalue weighted by molar-refractivity contribution is 5.68. The normalized spacial score (nSPS) is 9.95. The molecule has 2 aromatic rings. The van der Waals surface area contributed by atoms with E-state index in [9.17, 15) is 10.1 Å². The number of hydrogen-bond donors (Lipinski definition) is 1. The standard InChI is InChI=1S/C12H12N4O3/c1-19-11-6-2-5-10(12(11)16(17)18)13-8-9-4-3-7-14-15-9/h2-7,13H,8H2,1H3. The molecule has 1 N–H and O–H groups in total. The van der Waals surface area contributed by atoms with Gasteiger partial charge in [0.15, 0.2) is 5.75 Å².